The van der Waals surface area contributed by atoms with Crippen LogP contribution in [-0.2, 0) is 6.54 Å². The number of hydrogen-bond acceptors (Lipinski definition) is 2. The molecule has 15 heavy (non-hydrogen) atoms. The van der Waals surface area contributed by atoms with Crippen LogP contribution in [0, 0.1) is 6.92 Å². The lowest BCUT2D eigenvalue weighted by Crippen LogP contribution is -2.14. The van der Waals surface area contributed by atoms with Gasteiger partial charge in [-0.05, 0) is 37.0 Å². The van der Waals surface area contributed by atoms with E-state index in [0.717, 1.165) is 24.2 Å². The van der Waals surface area contributed by atoms with Gasteiger partial charge in [0.15, 0.2) is 0 Å². The first-order chi connectivity index (χ1) is 7.21. The van der Waals surface area contributed by atoms with Crippen molar-refractivity contribution >= 4 is 0 Å². The minimum absolute atomic E-state index is 0.316. The normalized spacial score (nSPS) is 10.7. The quantitative estimate of drug-likeness (QED) is 0.805. The van der Waals surface area contributed by atoms with Crippen molar-refractivity contribution in [2.75, 3.05) is 0 Å². The largest absolute Gasteiger partial charge is 0.490 e. The van der Waals surface area contributed by atoms with Gasteiger partial charge in [0.05, 0.1) is 6.10 Å². The van der Waals surface area contributed by atoms with Crippen LogP contribution in [0.3, 0.4) is 0 Å². The molecule has 1 aromatic carbocycles. The summed E-state index contributed by atoms with van der Waals surface area (Å²) < 4.78 is 5.93. The van der Waals surface area contributed by atoms with Crippen molar-refractivity contribution in [3.63, 3.8) is 0 Å². The van der Waals surface area contributed by atoms with Gasteiger partial charge in [0.1, 0.15) is 5.75 Å². The second-order valence-corrected chi connectivity index (χ2v) is 3.86. The van der Waals surface area contributed by atoms with Crippen LogP contribution in [0.2, 0.25) is 0 Å². The lowest BCUT2D eigenvalue weighted by Gasteiger charge is -2.18. The monoisotopic (exact) mass is 207 g/mol. The predicted molar refractivity (Wildman–Crippen MR) is 64.1 cm³/mol. The molecule has 2 heteroatoms. The molecule has 84 valence electrons. The van der Waals surface area contributed by atoms with Crippen molar-refractivity contribution < 1.29 is 4.74 Å². The zero-order chi connectivity index (χ0) is 11.3. The molecule has 0 aliphatic carbocycles. The summed E-state index contributed by atoms with van der Waals surface area (Å²) in [5, 5.41) is 0. The number of hydrogen-bond donors (Lipinski definition) is 1. The first kappa shape index (κ1) is 12.1. The average molecular weight is 207 g/mol. The van der Waals surface area contributed by atoms with E-state index in [2.05, 4.69) is 32.9 Å². The molecule has 0 bridgehead atoms. The van der Waals surface area contributed by atoms with Crippen LogP contribution < -0.4 is 10.5 Å². The number of ether oxygens (including phenoxy) is 1. The Hall–Kier alpha value is -1.02. The molecule has 0 amide bonds. The van der Waals surface area contributed by atoms with Gasteiger partial charge in [0, 0.05) is 6.54 Å². The second-order valence-electron chi connectivity index (χ2n) is 3.86. The third kappa shape index (κ3) is 3.24. The number of aryl methyl sites for hydroxylation is 1. The van der Waals surface area contributed by atoms with Crippen molar-refractivity contribution in [2.24, 2.45) is 5.73 Å². The van der Waals surface area contributed by atoms with Crippen LogP contribution in [0.1, 0.15) is 37.8 Å². The molecule has 0 aliphatic rings. The number of benzene rings is 1. The lowest BCUT2D eigenvalue weighted by atomic mass is 10.1. The highest BCUT2D eigenvalue weighted by Crippen LogP contribution is 2.22. The molecule has 0 atom stereocenters. The van der Waals surface area contributed by atoms with Crippen LogP contribution in [-0.4, -0.2) is 6.10 Å². The van der Waals surface area contributed by atoms with E-state index >= 15 is 0 Å². The van der Waals surface area contributed by atoms with Gasteiger partial charge in [0.2, 0.25) is 0 Å². The molecule has 0 unspecified atom stereocenters. The van der Waals surface area contributed by atoms with Crippen LogP contribution in [0.5, 0.6) is 5.75 Å². The molecule has 0 saturated carbocycles. The second kappa shape index (κ2) is 5.76. The van der Waals surface area contributed by atoms with Crippen LogP contribution in [0.15, 0.2) is 18.2 Å². The van der Waals surface area contributed by atoms with Crippen molar-refractivity contribution in [1.82, 2.24) is 0 Å². The zero-order valence-corrected chi connectivity index (χ0v) is 9.92. The first-order valence-corrected chi connectivity index (χ1v) is 5.67. The Morgan fingerprint density at radius 1 is 1.27 bits per heavy atom. The Balaban J connectivity index is 2.82. The molecular weight excluding hydrogens is 186 g/mol. The molecule has 2 N–H and O–H groups in total. The molecule has 0 fully saturated rings. The first-order valence-electron chi connectivity index (χ1n) is 5.67. The SMILES string of the molecule is CCC(CC)Oc1cc(CN)ccc1C. The number of nitrogens with two attached hydrogens (primary N) is 1. The van der Waals surface area contributed by atoms with E-state index in [9.17, 15) is 0 Å². The Morgan fingerprint density at radius 2 is 1.93 bits per heavy atom. The molecule has 0 saturated heterocycles. The summed E-state index contributed by atoms with van der Waals surface area (Å²) in [5.74, 6) is 0.978. The summed E-state index contributed by atoms with van der Waals surface area (Å²) in [7, 11) is 0. The highest BCUT2D eigenvalue weighted by atomic mass is 16.5. The Kier molecular flexibility index (Phi) is 4.63. The summed E-state index contributed by atoms with van der Waals surface area (Å²) >= 11 is 0. The lowest BCUT2D eigenvalue weighted by molar-refractivity contribution is 0.191. The Morgan fingerprint density at radius 3 is 2.47 bits per heavy atom. The Labute approximate surface area is 92.4 Å². The molecule has 0 heterocycles. The van der Waals surface area contributed by atoms with Gasteiger partial charge in [-0.15, -0.1) is 0 Å². The molecule has 0 aromatic heterocycles. The summed E-state index contributed by atoms with van der Waals surface area (Å²) in [4.78, 5) is 0. The van der Waals surface area contributed by atoms with Gasteiger partial charge in [-0.25, -0.2) is 0 Å². The van der Waals surface area contributed by atoms with Crippen LogP contribution in [0.25, 0.3) is 0 Å². The van der Waals surface area contributed by atoms with E-state index in [1.165, 1.54) is 5.56 Å². The molecule has 2 nitrogen and oxygen atoms in total. The summed E-state index contributed by atoms with van der Waals surface area (Å²) in [5.41, 5.74) is 7.92. The van der Waals surface area contributed by atoms with E-state index in [1.54, 1.807) is 0 Å². The maximum Gasteiger partial charge on any atom is 0.122 e. The fourth-order valence-electron chi connectivity index (χ4n) is 1.53. The molecule has 1 aromatic rings. The predicted octanol–water partition coefficient (Wildman–Crippen LogP) is 3.02. The van der Waals surface area contributed by atoms with Crippen LogP contribution >= 0.6 is 0 Å². The standard InChI is InChI=1S/C13H21NO/c1-4-12(5-2)15-13-8-11(9-14)7-6-10(13)3/h6-8,12H,4-5,9,14H2,1-3H3. The molecular formula is C13H21NO. The molecule has 1 rings (SSSR count). The van der Waals surface area contributed by atoms with Gasteiger partial charge >= 0.3 is 0 Å². The summed E-state index contributed by atoms with van der Waals surface area (Å²) in [6.07, 6.45) is 2.41. The van der Waals surface area contributed by atoms with E-state index in [0.29, 0.717) is 12.6 Å². The number of rotatable bonds is 5. The Bertz CT molecular complexity index is 305. The average Bonchev–Trinajstić information content (AvgIpc) is 2.28. The molecule has 0 spiro atoms. The van der Waals surface area contributed by atoms with Crippen molar-refractivity contribution in [3.05, 3.63) is 29.3 Å². The third-order valence-corrected chi connectivity index (χ3v) is 2.69. The van der Waals surface area contributed by atoms with Gasteiger partial charge in [0.25, 0.3) is 0 Å². The molecule has 0 radical (unpaired) electrons. The third-order valence-electron chi connectivity index (χ3n) is 2.69. The zero-order valence-electron chi connectivity index (χ0n) is 9.92. The van der Waals surface area contributed by atoms with Gasteiger partial charge in [-0.3, -0.25) is 0 Å². The summed E-state index contributed by atoms with van der Waals surface area (Å²) in [6.45, 7) is 6.93. The highest BCUT2D eigenvalue weighted by molar-refractivity contribution is 5.36. The minimum Gasteiger partial charge on any atom is -0.490 e. The van der Waals surface area contributed by atoms with Crippen molar-refractivity contribution in [2.45, 2.75) is 46.3 Å². The maximum atomic E-state index is 5.93. The van der Waals surface area contributed by atoms with Crippen molar-refractivity contribution in [1.29, 1.82) is 0 Å². The smallest absolute Gasteiger partial charge is 0.122 e. The van der Waals surface area contributed by atoms with E-state index in [-0.39, 0.29) is 0 Å². The van der Waals surface area contributed by atoms with Crippen LogP contribution in [0.4, 0.5) is 0 Å². The minimum atomic E-state index is 0.316. The van der Waals surface area contributed by atoms with E-state index in [4.69, 9.17) is 10.5 Å². The highest BCUT2D eigenvalue weighted by Gasteiger charge is 2.07. The van der Waals surface area contributed by atoms with E-state index < -0.39 is 0 Å². The summed E-state index contributed by atoms with van der Waals surface area (Å²) in [6, 6.07) is 6.17. The topological polar surface area (TPSA) is 35.2 Å². The van der Waals surface area contributed by atoms with E-state index in [1.807, 2.05) is 6.07 Å². The van der Waals surface area contributed by atoms with Gasteiger partial charge in [-0.2, -0.15) is 0 Å². The van der Waals surface area contributed by atoms with Gasteiger partial charge in [-0.1, -0.05) is 26.0 Å². The molecule has 0 aliphatic heterocycles. The van der Waals surface area contributed by atoms with Gasteiger partial charge < -0.3 is 10.5 Å². The fraction of sp³-hybridized carbons (Fsp3) is 0.538. The maximum absolute atomic E-state index is 5.93. The van der Waals surface area contributed by atoms with Crippen molar-refractivity contribution in [3.8, 4) is 5.75 Å². The fourth-order valence-corrected chi connectivity index (χ4v) is 1.53.